The molecule has 0 atom stereocenters. The summed E-state index contributed by atoms with van der Waals surface area (Å²) in [5, 5.41) is 2.62. The zero-order valence-electron chi connectivity index (χ0n) is 17.7. The minimum absolute atomic E-state index is 0.0132. The van der Waals surface area contributed by atoms with E-state index < -0.39 is 28.5 Å². The molecule has 0 aliphatic carbocycles. The minimum atomic E-state index is -3.76. The van der Waals surface area contributed by atoms with Crippen molar-refractivity contribution in [3.05, 3.63) is 65.0 Å². The first kappa shape index (κ1) is 23.8. The number of hydrogen-bond acceptors (Lipinski definition) is 6. The maximum absolute atomic E-state index is 12.9. The summed E-state index contributed by atoms with van der Waals surface area (Å²) < 4.78 is 50.1. The number of sulfonamides is 1. The van der Waals surface area contributed by atoms with E-state index in [4.69, 9.17) is 9.47 Å². The molecule has 1 saturated heterocycles. The van der Waals surface area contributed by atoms with E-state index in [1.165, 1.54) is 34.6 Å². The number of nitrogens with zero attached hydrogens (tertiary/aromatic N) is 1. The minimum Gasteiger partial charge on any atom is -0.452 e. The first-order valence-electron chi connectivity index (χ1n) is 10.1. The average molecular weight is 465 g/mol. The van der Waals surface area contributed by atoms with Crippen LogP contribution in [-0.4, -0.2) is 64.1 Å². The summed E-state index contributed by atoms with van der Waals surface area (Å²) in [5.74, 6) is -1.60. The van der Waals surface area contributed by atoms with Crippen LogP contribution < -0.4 is 5.32 Å². The summed E-state index contributed by atoms with van der Waals surface area (Å²) in [6.07, 6.45) is 0.501. The van der Waals surface area contributed by atoms with Crippen LogP contribution >= 0.6 is 0 Å². The predicted molar refractivity (Wildman–Crippen MR) is 114 cm³/mol. The van der Waals surface area contributed by atoms with Crippen molar-refractivity contribution in [2.75, 3.05) is 39.5 Å². The van der Waals surface area contributed by atoms with Gasteiger partial charge in [0.15, 0.2) is 6.61 Å². The molecule has 1 aliphatic heterocycles. The molecule has 0 aromatic heterocycles. The number of benzene rings is 2. The molecule has 1 amide bonds. The number of carbonyl (C=O) groups is 2. The molecule has 32 heavy (non-hydrogen) atoms. The summed E-state index contributed by atoms with van der Waals surface area (Å²) in [6.45, 7) is 2.58. The van der Waals surface area contributed by atoms with Gasteiger partial charge in [-0.25, -0.2) is 17.6 Å². The van der Waals surface area contributed by atoms with Crippen molar-refractivity contribution >= 4 is 21.9 Å². The molecule has 3 rings (SSSR count). The molecule has 0 saturated carbocycles. The number of ether oxygens (including phenoxy) is 2. The number of hydrogen-bond donors (Lipinski definition) is 1. The van der Waals surface area contributed by atoms with Crippen molar-refractivity contribution in [2.45, 2.75) is 18.2 Å². The van der Waals surface area contributed by atoms with Gasteiger partial charge in [-0.3, -0.25) is 4.79 Å². The van der Waals surface area contributed by atoms with Crippen molar-refractivity contribution in [2.24, 2.45) is 0 Å². The Hall–Kier alpha value is -2.82. The Labute approximate surface area is 186 Å². The van der Waals surface area contributed by atoms with E-state index in [1.807, 2.05) is 0 Å². The quantitative estimate of drug-likeness (QED) is 0.597. The summed E-state index contributed by atoms with van der Waals surface area (Å²) in [4.78, 5) is 24.5. The number of nitrogens with one attached hydrogen (secondary N) is 1. The first-order valence-corrected chi connectivity index (χ1v) is 11.6. The molecule has 2 aromatic rings. The lowest BCUT2D eigenvalue weighted by molar-refractivity contribution is -0.124. The van der Waals surface area contributed by atoms with E-state index in [0.29, 0.717) is 31.7 Å². The highest BCUT2D eigenvalue weighted by Gasteiger charge is 2.27. The first-order chi connectivity index (χ1) is 15.3. The summed E-state index contributed by atoms with van der Waals surface area (Å²) in [6, 6.07) is 10.2. The second kappa shape index (κ2) is 10.7. The Bertz CT molecular complexity index is 1070. The van der Waals surface area contributed by atoms with Gasteiger partial charge in [0.1, 0.15) is 5.82 Å². The van der Waals surface area contributed by atoms with Crippen molar-refractivity contribution in [3.8, 4) is 0 Å². The molecule has 172 valence electrons. The van der Waals surface area contributed by atoms with Crippen LogP contribution in [0.25, 0.3) is 0 Å². The molecule has 0 spiro atoms. The third kappa shape index (κ3) is 6.12. The van der Waals surface area contributed by atoms with Crippen LogP contribution in [-0.2, 0) is 30.7 Å². The van der Waals surface area contributed by atoms with Gasteiger partial charge >= 0.3 is 5.97 Å². The van der Waals surface area contributed by atoms with Crippen LogP contribution in [0.4, 0.5) is 4.39 Å². The molecule has 0 unspecified atom stereocenters. The highest BCUT2D eigenvalue weighted by atomic mass is 32.2. The second-order valence-electron chi connectivity index (χ2n) is 7.30. The van der Waals surface area contributed by atoms with Gasteiger partial charge in [0, 0.05) is 19.6 Å². The van der Waals surface area contributed by atoms with Gasteiger partial charge in [0.25, 0.3) is 5.91 Å². The van der Waals surface area contributed by atoms with Crippen molar-refractivity contribution in [1.29, 1.82) is 0 Å². The zero-order chi connectivity index (χ0) is 23.1. The molecule has 10 heteroatoms. The summed E-state index contributed by atoms with van der Waals surface area (Å²) in [5.41, 5.74) is 1.48. The Morgan fingerprint density at radius 3 is 2.50 bits per heavy atom. The van der Waals surface area contributed by atoms with Crippen molar-refractivity contribution < 1.29 is 31.9 Å². The van der Waals surface area contributed by atoms with E-state index in [0.717, 1.165) is 5.56 Å². The van der Waals surface area contributed by atoms with Crippen molar-refractivity contribution in [1.82, 2.24) is 9.62 Å². The maximum Gasteiger partial charge on any atom is 0.338 e. The molecule has 1 aliphatic rings. The molecule has 8 nitrogen and oxygen atoms in total. The SMILES string of the molecule is Cc1ccc(S(=O)(=O)N2CCOCC2)cc1C(=O)OCC(=O)NCCc1ccc(F)cc1. The molecular formula is C22H25FN2O6S. The van der Waals surface area contributed by atoms with E-state index in [1.54, 1.807) is 19.1 Å². The van der Waals surface area contributed by atoms with Crippen LogP contribution in [0.2, 0.25) is 0 Å². The molecule has 2 aromatic carbocycles. The summed E-state index contributed by atoms with van der Waals surface area (Å²) in [7, 11) is -3.76. The highest BCUT2D eigenvalue weighted by molar-refractivity contribution is 7.89. The average Bonchev–Trinajstić information content (AvgIpc) is 2.79. The zero-order valence-corrected chi connectivity index (χ0v) is 18.5. The standard InChI is InChI=1S/C22H25FN2O6S/c1-16-2-7-19(32(28,29)25-10-12-30-13-11-25)14-20(16)22(27)31-15-21(26)24-9-8-17-3-5-18(23)6-4-17/h2-7,14H,8-13,15H2,1H3,(H,24,26). The fourth-order valence-corrected chi connectivity index (χ4v) is 4.61. The van der Waals surface area contributed by atoms with Gasteiger partial charge in [0.05, 0.1) is 23.7 Å². The number of halogens is 1. The Balaban J connectivity index is 1.55. The van der Waals surface area contributed by atoms with Gasteiger partial charge in [0.2, 0.25) is 10.0 Å². The van der Waals surface area contributed by atoms with Crippen molar-refractivity contribution in [3.63, 3.8) is 0 Å². The fraction of sp³-hybridized carbons (Fsp3) is 0.364. The molecule has 1 N–H and O–H groups in total. The Morgan fingerprint density at radius 2 is 1.81 bits per heavy atom. The van der Waals surface area contributed by atoms with Crippen LogP contribution in [0, 0.1) is 12.7 Å². The van der Waals surface area contributed by atoms with Gasteiger partial charge in [-0.2, -0.15) is 4.31 Å². The van der Waals surface area contributed by atoms with Crippen LogP contribution in [0.1, 0.15) is 21.5 Å². The third-order valence-corrected chi connectivity index (χ3v) is 6.91. The van der Waals surface area contributed by atoms with Crippen LogP contribution in [0.3, 0.4) is 0 Å². The smallest absolute Gasteiger partial charge is 0.338 e. The van der Waals surface area contributed by atoms with Gasteiger partial charge in [-0.1, -0.05) is 18.2 Å². The number of rotatable bonds is 8. The normalized spacial score (nSPS) is 14.7. The van der Waals surface area contributed by atoms with Gasteiger partial charge in [-0.15, -0.1) is 0 Å². The summed E-state index contributed by atoms with van der Waals surface area (Å²) >= 11 is 0. The van der Waals surface area contributed by atoms with Crippen LogP contribution in [0.5, 0.6) is 0 Å². The molecule has 1 heterocycles. The number of esters is 1. The Kier molecular flexibility index (Phi) is 7.94. The number of morpholine rings is 1. The lowest BCUT2D eigenvalue weighted by atomic mass is 10.1. The molecule has 1 fully saturated rings. The van der Waals surface area contributed by atoms with E-state index in [-0.39, 0.29) is 29.4 Å². The van der Waals surface area contributed by atoms with E-state index >= 15 is 0 Å². The number of amides is 1. The monoisotopic (exact) mass is 464 g/mol. The maximum atomic E-state index is 12.9. The number of carbonyl (C=O) groups excluding carboxylic acids is 2. The van der Waals surface area contributed by atoms with E-state index in [9.17, 15) is 22.4 Å². The molecular weight excluding hydrogens is 439 g/mol. The predicted octanol–water partition coefficient (Wildman–Crippen LogP) is 1.67. The van der Waals surface area contributed by atoms with Crippen LogP contribution in [0.15, 0.2) is 47.4 Å². The highest BCUT2D eigenvalue weighted by Crippen LogP contribution is 2.21. The second-order valence-corrected chi connectivity index (χ2v) is 9.23. The molecule has 0 bridgehead atoms. The van der Waals surface area contributed by atoms with Gasteiger partial charge in [-0.05, 0) is 48.7 Å². The number of aryl methyl sites for hydroxylation is 1. The van der Waals surface area contributed by atoms with Gasteiger partial charge < -0.3 is 14.8 Å². The topological polar surface area (TPSA) is 102 Å². The largest absolute Gasteiger partial charge is 0.452 e. The lowest BCUT2D eigenvalue weighted by Crippen LogP contribution is -2.40. The Morgan fingerprint density at radius 1 is 1.12 bits per heavy atom. The third-order valence-electron chi connectivity index (χ3n) is 5.02. The molecule has 0 radical (unpaired) electrons. The fourth-order valence-electron chi connectivity index (χ4n) is 3.17. The lowest BCUT2D eigenvalue weighted by Gasteiger charge is -2.26. The van der Waals surface area contributed by atoms with E-state index in [2.05, 4.69) is 5.32 Å².